The molecule has 0 saturated carbocycles. The second kappa shape index (κ2) is 8.46. The van der Waals surface area contributed by atoms with E-state index in [-0.39, 0.29) is 30.1 Å². The van der Waals surface area contributed by atoms with Gasteiger partial charge >= 0.3 is 0 Å². The molecule has 1 aliphatic rings. The molecule has 1 aromatic heterocycles. The van der Waals surface area contributed by atoms with Gasteiger partial charge in [0.15, 0.2) is 0 Å². The topological polar surface area (TPSA) is 92.3 Å². The van der Waals surface area contributed by atoms with Gasteiger partial charge in [0.2, 0.25) is 5.91 Å². The van der Waals surface area contributed by atoms with Crippen molar-refractivity contribution in [1.29, 1.82) is 0 Å². The van der Waals surface area contributed by atoms with Crippen LogP contribution < -0.4 is 5.32 Å². The minimum atomic E-state index is -0.136. The van der Waals surface area contributed by atoms with Gasteiger partial charge in [0, 0.05) is 37.5 Å². The van der Waals surface area contributed by atoms with Crippen molar-refractivity contribution >= 4 is 28.6 Å². The van der Waals surface area contributed by atoms with Crippen molar-refractivity contribution in [2.45, 2.75) is 52.5 Å². The molecule has 3 rings (SSSR count). The highest BCUT2D eigenvalue weighted by atomic mass is 16.2. The van der Waals surface area contributed by atoms with Crippen molar-refractivity contribution in [1.82, 2.24) is 20.2 Å². The number of aromatic nitrogens is 2. The zero-order valence-electron chi connectivity index (χ0n) is 16.6. The summed E-state index contributed by atoms with van der Waals surface area (Å²) in [5.41, 5.74) is 3.78. The second-order valence-electron chi connectivity index (χ2n) is 7.43. The first-order chi connectivity index (χ1) is 13.3. The molecule has 1 saturated heterocycles. The quantitative estimate of drug-likeness (QED) is 0.857. The number of aryl methyl sites for hydroxylation is 2. The number of carbonyl (C=O) groups is 3. The number of nitrogens with one attached hydrogen (secondary N) is 1. The van der Waals surface area contributed by atoms with Gasteiger partial charge in [-0.05, 0) is 51.8 Å². The van der Waals surface area contributed by atoms with Crippen molar-refractivity contribution in [2.75, 3.05) is 13.1 Å². The Morgan fingerprint density at radius 1 is 1.04 bits per heavy atom. The highest BCUT2D eigenvalue weighted by Crippen LogP contribution is 2.16. The van der Waals surface area contributed by atoms with Crippen LogP contribution in [0.15, 0.2) is 18.2 Å². The van der Waals surface area contributed by atoms with E-state index < -0.39 is 0 Å². The normalized spacial score (nSPS) is 14.9. The lowest BCUT2D eigenvalue weighted by atomic mass is 10.0. The molecule has 1 aliphatic heterocycles. The molecular formula is C21H26N4O3. The Balaban J connectivity index is 1.57. The predicted molar refractivity (Wildman–Crippen MR) is 106 cm³/mol. The first-order valence-corrected chi connectivity index (χ1v) is 9.66. The summed E-state index contributed by atoms with van der Waals surface area (Å²) in [6, 6.07) is 5.39. The fraction of sp³-hybridized carbons (Fsp3) is 0.476. The van der Waals surface area contributed by atoms with Crippen LogP contribution in [0.4, 0.5) is 0 Å². The number of rotatable bonds is 5. The van der Waals surface area contributed by atoms with Gasteiger partial charge < -0.3 is 15.0 Å². The van der Waals surface area contributed by atoms with Gasteiger partial charge in [-0.15, -0.1) is 0 Å². The smallest absolute Gasteiger partial charge is 0.251 e. The number of carbonyl (C=O) groups excluding carboxylic acids is 3. The van der Waals surface area contributed by atoms with Gasteiger partial charge in [0.1, 0.15) is 5.78 Å². The first-order valence-electron chi connectivity index (χ1n) is 9.66. The summed E-state index contributed by atoms with van der Waals surface area (Å²) in [5, 5.41) is 3.06. The molecule has 0 aliphatic carbocycles. The molecule has 0 bridgehead atoms. The summed E-state index contributed by atoms with van der Waals surface area (Å²) in [6.07, 6.45) is 1.98. The molecule has 0 atom stereocenters. The Morgan fingerprint density at radius 2 is 1.68 bits per heavy atom. The van der Waals surface area contributed by atoms with Gasteiger partial charge in [-0.1, -0.05) is 0 Å². The van der Waals surface area contributed by atoms with Crippen molar-refractivity contribution in [3.05, 3.63) is 35.2 Å². The monoisotopic (exact) mass is 382 g/mol. The van der Waals surface area contributed by atoms with Crippen molar-refractivity contribution < 1.29 is 14.4 Å². The Hall–Kier alpha value is -2.83. The Kier molecular flexibility index (Phi) is 6.02. The maximum atomic E-state index is 12.6. The van der Waals surface area contributed by atoms with Crippen LogP contribution in [0.1, 0.15) is 54.4 Å². The molecule has 0 radical (unpaired) electrons. The van der Waals surface area contributed by atoms with Gasteiger partial charge in [-0.3, -0.25) is 9.59 Å². The number of benzene rings is 1. The van der Waals surface area contributed by atoms with E-state index in [4.69, 9.17) is 0 Å². The molecule has 1 fully saturated rings. The number of fused-ring (bicyclic) bond motifs is 1. The van der Waals surface area contributed by atoms with Crippen LogP contribution in [0.5, 0.6) is 0 Å². The molecule has 2 aromatic rings. The highest BCUT2D eigenvalue weighted by Gasteiger charge is 2.24. The predicted octanol–water partition coefficient (Wildman–Crippen LogP) is 2.34. The summed E-state index contributed by atoms with van der Waals surface area (Å²) in [5.74, 6) is -0.0945. The third-order valence-electron chi connectivity index (χ3n) is 5.21. The average Bonchev–Trinajstić information content (AvgIpc) is 2.67. The summed E-state index contributed by atoms with van der Waals surface area (Å²) in [6.45, 7) is 6.52. The summed E-state index contributed by atoms with van der Waals surface area (Å²) < 4.78 is 0. The number of ketones is 1. The van der Waals surface area contributed by atoms with Crippen LogP contribution in [0, 0.1) is 13.8 Å². The number of piperidine rings is 1. The standard InChI is InChI=1S/C21H26N4O3/c1-13(26)4-7-20(27)25-10-8-17(9-11-25)24-21(28)16-5-6-18-19(12-16)23-15(3)14(2)22-18/h5-6,12,17H,4,7-11H2,1-3H3,(H,24,28). The summed E-state index contributed by atoms with van der Waals surface area (Å²) in [7, 11) is 0. The van der Waals surface area contributed by atoms with Crippen LogP contribution in [-0.2, 0) is 9.59 Å². The molecule has 1 N–H and O–H groups in total. The van der Waals surface area contributed by atoms with Crippen molar-refractivity contribution in [3.8, 4) is 0 Å². The molecule has 0 unspecified atom stereocenters. The third kappa shape index (κ3) is 4.71. The van der Waals surface area contributed by atoms with E-state index in [1.165, 1.54) is 6.92 Å². The molecule has 2 heterocycles. The van der Waals surface area contributed by atoms with E-state index >= 15 is 0 Å². The number of hydrogen-bond acceptors (Lipinski definition) is 5. The first kappa shape index (κ1) is 19.9. The maximum absolute atomic E-state index is 12.6. The minimum Gasteiger partial charge on any atom is -0.349 e. The van der Waals surface area contributed by atoms with E-state index in [0.29, 0.717) is 43.4 Å². The zero-order chi connectivity index (χ0) is 20.3. The molecule has 0 spiro atoms. The van der Waals surface area contributed by atoms with Gasteiger partial charge in [-0.25, -0.2) is 9.97 Å². The molecule has 2 amide bonds. The van der Waals surface area contributed by atoms with E-state index in [2.05, 4.69) is 15.3 Å². The van der Waals surface area contributed by atoms with E-state index in [1.807, 2.05) is 19.9 Å². The fourth-order valence-electron chi connectivity index (χ4n) is 3.35. The van der Waals surface area contributed by atoms with E-state index in [0.717, 1.165) is 16.9 Å². The molecular weight excluding hydrogens is 356 g/mol. The Labute approximate surface area is 164 Å². The fourth-order valence-corrected chi connectivity index (χ4v) is 3.35. The second-order valence-corrected chi connectivity index (χ2v) is 7.43. The third-order valence-corrected chi connectivity index (χ3v) is 5.21. The largest absolute Gasteiger partial charge is 0.349 e. The molecule has 28 heavy (non-hydrogen) atoms. The van der Waals surface area contributed by atoms with Crippen LogP contribution in [0.25, 0.3) is 11.0 Å². The van der Waals surface area contributed by atoms with Gasteiger partial charge in [-0.2, -0.15) is 0 Å². The average molecular weight is 382 g/mol. The van der Waals surface area contributed by atoms with Crippen LogP contribution in [-0.4, -0.2) is 51.6 Å². The number of likely N-dealkylation sites (tertiary alicyclic amines) is 1. The lowest BCUT2D eigenvalue weighted by molar-refractivity contribution is -0.133. The van der Waals surface area contributed by atoms with Crippen LogP contribution in [0.3, 0.4) is 0 Å². The van der Waals surface area contributed by atoms with Crippen LogP contribution in [0.2, 0.25) is 0 Å². The van der Waals surface area contributed by atoms with Gasteiger partial charge in [0.25, 0.3) is 5.91 Å². The molecule has 7 nitrogen and oxygen atoms in total. The van der Waals surface area contributed by atoms with Crippen molar-refractivity contribution in [2.24, 2.45) is 0 Å². The Morgan fingerprint density at radius 3 is 2.32 bits per heavy atom. The maximum Gasteiger partial charge on any atom is 0.251 e. The van der Waals surface area contributed by atoms with E-state index in [9.17, 15) is 14.4 Å². The lowest BCUT2D eigenvalue weighted by Gasteiger charge is -2.32. The molecule has 7 heteroatoms. The highest BCUT2D eigenvalue weighted by molar-refractivity contribution is 5.97. The number of amides is 2. The number of hydrogen-bond donors (Lipinski definition) is 1. The van der Waals surface area contributed by atoms with Crippen LogP contribution >= 0.6 is 0 Å². The summed E-state index contributed by atoms with van der Waals surface area (Å²) in [4.78, 5) is 46.5. The lowest BCUT2D eigenvalue weighted by Crippen LogP contribution is -2.46. The van der Waals surface area contributed by atoms with Crippen molar-refractivity contribution in [3.63, 3.8) is 0 Å². The molecule has 1 aromatic carbocycles. The Bertz CT molecular complexity index is 917. The number of Topliss-reactive ketones (excluding diaryl/α,β-unsaturated/α-hetero) is 1. The number of nitrogens with zero attached hydrogens (tertiary/aromatic N) is 3. The summed E-state index contributed by atoms with van der Waals surface area (Å²) >= 11 is 0. The minimum absolute atomic E-state index is 0.0127. The van der Waals surface area contributed by atoms with E-state index in [1.54, 1.807) is 17.0 Å². The SMILES string of the molecule is CC(=O)CCC(=O)N1CCC(NC(=O)c2ccc3nc(C)c(C)nc3c2)CC1. The van der Waals surface area contributed by atoms with Gasteiger partial charge in [0.05, 0.1) is 22.4 Å². The molecule has 148 valence electrons. The zero-order valence-corrected chi connectivity index (χ0v) is 16.6.